The minimum atomic E-state index is -3.64. The Balaban J connectivity index is 0.00000180. The molecule has 6 saturated heterocycles. The van der Waals surface area contributed by atoms with Gasteiger partial charge in [0.05, 0.1) is 0 Å². The molecular weight excluding hydrogens is 803 g/mol. The van der Waals surface area contributed by atoms with Crippen LogP contribution in [0.5, 0.6) is 0 Å². The van der Waals surface area contributed by atoms with Gasteiger partial charge in [0.1, 0.15) is 0 Å². The molecule has 0 N–H and O–H groups in total. The first kappa shape index (κ1) is 34.3. The second-order valence-corrected chi connectivity index (χ2v) is 36.5. The maximum Gasteiger partial charge on any atom is 0.475 e. The second kappa shape index (κ2) is 10.8. The Hall–Kier alpha value is 3.82. The van der Waals surface area contributed by atoms with Crippen LogP contribution in [0.15, 0.2) is 0 Å². The van der Waals surface area contributed by atoms with Crippen molar-refractivity contribution in [1.82, 2.24) is 0 Å². The minimum Gasteiger partial charge on any atom is -0.394 e. The van der Waals surface area contributed by atoms with E-state index >= 15 is 0 Å². The van der Waals surface area contributed by atoms with Gasteiger partial charge in [-0.1, -0.05) is 0 Å². The van der Waals surface area contributed by atoms with E-state index in [1.54, 1.807) is 52.4 Å². The molecule has 0 aromatic carbocycles. The molecule has 36 heavy (non-hydrogen) atoms. The van der Waals surface area contributed by atoms with Crippen molar-refractivity contribution in [3.8, 4) is 0 Å². The van der Waals surface area contributed by atoms with E-state index in [1.807, 2.05) is 13.1 Å². The summed E-state index contributed by atoms with van der Waals surface area (Å²) in [5, 5.41) is 0. The summed E-state index contributed by atoms with van der Waals surface area (Å²) in [5.74, 6) is 0. The van der Waals surface area contributed by atoms with Crippen LogP contribution in [0, 0.1) is 0 Å². The van der Waals surface area contributed by atoms with Gasteiger partial charge in [-0.05, 0) is 13.1 Å². The molecule has 8 bridgehead atoms. The molecule has 14 nitrogen and oxygen atoms in total. The first-order valence-electron chi connectivity index (χ1n) is 10.7. The zero-order valence-electron chi connectivity index (χ0n) is 21.9. The van der Waals surface area contributed by atoms with Gasteiger partial charge in [0.25, 0.3) is 0 Å². The first-order chi connectivity index (χ1) is 15.3. The summed E-state index contributed by atoms with van der Waals surface area (Å²) >= 11 is 0. The van der Waals surface area contributed by atoms with E-state index in [0.29, 0.717) is 0 Å². The molecule has 0 aromatic rings. The largest absolute Gasteiger partial charge is 0.475 e. The minimum absolute atomic E-state index is 0. The van der Waals surface area contributed by atoms with E-state index < -0.39 is 89.0 Å². The normalized spacial score (nSPS) is 55.8. The molecule has 200 valence electrons. The van der Waals surface area contributed by atoms with E-state index in [4.69, 9.17) is 57.6 Å². The third kappa shape index (κ3) is 7.30. The molecule has 26 heteroatoms. The number of rotatable bonds is 0. The standard InChI is InChI=1S/C10H30O14Si10.2Y/c1-25-11-27(3)15-31(7)19-29(5)13-26(2)14-30(6)21-33(9,23-31)17-28(4,12-25)18-34(10,22-30)24-32(8,16-27)20-29;;/h1-10H3;;. The van der Waals surface area contributed by atoms with Crippen LogP contribution in [0.4, 0.5) is 0 Å². The Morgan fingerprint density at radius 3 is 0.611 bits per heavy atom. The summed E-state index contributed by atoms with van der Waals surface area (Å²) in [6.07, 6.45) is 0. The molecular formula is C10H30O14Si10Y2. The van der Waals surface area contributed by atoms with Crippen LogP contribution in [-0.2, 0) is 123 Å². The smallest absolute Gasteiger partial charge is 0.394 e. The van der Waals surface area contributed by atoms with Crippen LogP contribution in [0.1, 0.15) is 0 Å². The fourth-order valence-corrected chi connectivity index (χ4v) is 54.3. The van der Waals surface area contributed by atoms with E-state index in [-0.39, 0.29) is 65.4 Å². The van der Waals surface area contributed by atoms with Crippen molar-refractivity contribution in [1.29, 1.82) is 0 Å². The van der Waals surface area contributed by atoms with Crippen molar-refractivity contribution >= 4 is 89.0 Å². The van der Waals surface area contributed by atoms with Gasteiger partial charge in [0.2, 0.25) is 0 Å². The van der Waals surface area contributed by atoms with Crippen LogP contribution in [-0.4, -0.2) is 89.0 Å². The Morgan fingerprint density at radius 1 is 0.306 bits per heavy atom. The van der Waals surface area contributed by atoms with Crippen molar-refractivity contribution in [3.05, 3.63) is 0 Å². The van der Waals surface area contributed by atoms with Crippen molar-refractivity contribution in [3.63, 3.8) is 0 Å². The summed E-state index contributed by atoms with van der Waals surface area (Å²) < 4.78 is 91.2. The maximum absolute atomic E-state index is 6.60. The fourth-order valence-electron chi connectivity index (χ4n) is 4.95. The average Bonchev–Trinajstić information content (AvgIpc) is 2.42. The topological polar surface area (TPSA) is 129 Å². The molecule has 0 unspecified atom stereocenters. The summed E-state index contributed by atoms with van der Waals surface area (Å²) in [5.41, 5.74) is 0. The van der Waals surface area contributed by atoms with Gasteiger partial charge in [0, 0.05) is 118 Å². The number of fused-ring (bicyclic) bond motifs is 4. The van der Waals surface area contributed by atoms with Gasteiger partial charge in [0.15, 0.2) is 0 Å². The average molecular weight is 833 g/mol. The zero-order chi connectivity index (χ0) is 25.1. The molecule has 6 aliphatic rings. The molecule has 6 fully saturated rings. The Morgan fingerprint density at radius 2 is 0.444 bits per heavy atom. The molecule has 0 aliphatic carbocycles. The van der Waals surface area contributed by atoms with Gasteiger partial charge >= 0.3 is 89.0 Å². The SMILES string of the molecule is C[Si]1O[Si]2(C)O[Si]3(C)O[Si]4(C)O[Si](C)O[Si]5(C)O[Si](C)(O[Si](C)(O1)O[Si](C)(O5)O[Si](C)(O2)O4)O3.[Y].[Y]. The van der Waals surface area contributed by atoms with E-state index in [2.05, 4.69) is 0 Å². The van der Waals surface area contributed by atoms with Crippen molar-refractivity contribution in [2.45, 2.75) is 65.5 Å². The van der Waals surface area contributed by atoms with E-state index in [0.717, 1.165) is 0 Å². The van der Waals surface area contributed by atoms with Crippen LogP contribution >= 0.6 is 0 Å². The van der Waals surface area contributed by atoms with Crippen LogP contribution in [0.25, 0.3) is 0 Å². The molecule has 0 aromatic heterocycles. The molecule has 6 heterocycles. The van der Waals surface area contributed by atoms with Crippen molar-refractivity contribution < 1.29 is 123 Å². The zero-order valence-corrected chi connectivity index (χ0v) is 37.5. The Labute approximate surface area is 274 Å². The Kier molecular flexibility index (Phi) is 10.3. The predicted molar refractivity (Wildman–Crippen MR) is 131 cm³/mol. The van der Waals surface area contributed by atoms with Crippen LogP contribution < -0.4 is 0 Å². The predicted octanol–water partition coefficient (Wildman–Crippen LogP) is 1.07. The first-order valence-corrected chi connectivity index (χ1v) is 32.1. The van der Waals surface area contributed by atoms with Crippen molar-refractivity contribution in [2.24, 2.45) is 0 Å². The van der Waals surface area contributed by atoms with Gasteiger partial charge < -0.3 is 57.6 Å². The summed E-state index contributed by atoms with van der Waals surface area (Å²) in [6.45, 7) is 17.7. The van der Waals surface area contributed by atoms with Gasteiger partial charge in [-0.3, -0.25) is 0 Å². The van der Waals surface area contributed by atoms with Gasteiger partial charge in [-0.25, -0.2) is 0 Å². The van der Waals surface area contributed by atoms with Gasteiger partial charge in [-0.2, -0.15) is 0 Å². The monoisotopic (exact) mass is 832 g/mol. The molecule has 0 atom stereocenters. The summed E-state index contributed by atoms with van der Waals surface area (Å²) in [4.78, 5) is 0. The van der Waals surface area contributed by atoms with Crippen LogP contribution in [0.2, 0.25) is 65.5 Å². The van der Waals surface area contributed by atoms with E-state index in [9.17, 15) is 0 Å². The number of hydrogen-bond acceptors (Lipinski definition) is 14. The second-order valence-electron chi connectivity index (χ2n) is 9.31. The molecule has 4 radical (unpaired) electrons. The van der Waals surface area contributed by atoms with E-state index in [1.165, 1.54) is 0 Å². The summed E-state index contributed by atoms with van der Waals surface area (Å²) in [6, 6.07) is 0. The van der Waals surface area contributed by atoms with Gasteiger partial charge in [-0.15, -0.1) is 0 Å². The quantitative estimate of drug-likeness (QED) is 0.323. The number of hydrogen-bond donors (Lipinski definition) is 0. The third-order valence-electron chi connectivity index (χ3n) is 5.02. The molecule has 6 rings (SSSR count). The molecule has 6 aliphatic heterocycles. The fraction of sp³-hybridized carbons (Fsp3) is 1.00. The third-order valence-corrected chi connectivity index (χ3v) is 45.2. The van der Waals surface area contributed by atoms with Crippen molar-refractivity contribution in [2.75, 3.05) is 0 Å². The molecule has 0 spiro atoms. The molecule has 0 amide bonds. The summed E-state index contributed by atoms with van der Waals surface area (Å²) in [7, 11) is -32.6. The maximum atomic E-state index is 6.60. The van der Waals surface area contributed by atoms with Crippen LogP contribution in [0.3, 0.4) is 0 Å². The Bertz CT molecular complexity index is 720. The molecule has 0 saturated carbocycles.